The van der Waals surface area contributed by atoms with Crippen LogP contribution in [0, 0.1) is 13.8 Å². The van der Waals surface area contributed by atoms with Crippen LogP contribution in [0.25, 0.3) is 5.69 Å². The van der Waals surface area contributed by atoms with Crippen molar-refractivity contribution in [3.8, 4) is 5.69 Å². The van der Waals surface area contributed by atoms with Gasteiger partial charge in [0, 0.05) is 61.2 Å². The van der Waals surface area contributed by atoms with Gasteiger partial charge >= 0.3 is 0 Å². The molecular formula is C25H29N5O. The van der Waals surface area contributed by atoms with Gasteiger partial charge in [-0.1, -0.05) is 6.07 Å². The topological polar surface area (TPSA) is 54.3 Å². The van der Waals surface area contributed by atoms with Gasteiger partial charge in [-0.2, -0.15) is 0 Å². The Morgan fingerprint density at radius 1 is 0.968 bits per heavy atom. The van der Waals surface area contributed by atoms with E-state index in [9.17, 15) is 4.79 Å². The Hall–Kier alpha value is -2.99. The molecule has 3 aromatic rings. The van der Waals surface area contributed by atoms with Crippen LogP contribution in [-0.4, -0.2) is 57.9 Å². The van der Waals surface area contributed by atoms with Crippen molar-refractivity contribution in [3.05, 3.63) is 70.8 Å². The van der Waals surface area contributed by atoms with E-state index in [1.165, 1.54) is 29.7 Å². The van der Waals surface area contributed by atoms with Gasteiger partial charge in [-0.25, -0.2) is 9.97 Å². The standard InChI is InChI=1S/C25H29N5O/c1-18-15-23(19(2)30(18)22-8-7-20-5-3-6-21(20)16-22)24(31)17-28-11-13-29(14-12-28)25-26-9-4-10-27-25/h4,7-10,15-16H,3,5-6,11-14,17H2,1-2H3. The fraction of sp³-hybridized carbons (Fsp3) is 0.400. The molecule has 0 N–H and O–H groups in total. The molecule has 1 aliphatic heterocycles. The summed E-state index contributed by atoms with van der Waals surface area (Å²) in [6, 6.07) is 10.6. The van der Waals surface area contributed by atoms with Crippen molar-refractivity contribution in [1.82, 2.24) is 19.4 Å². The quantitative estimate of drug-likeness (QED) is 0.598. The summed E-state index contributed by atoms with van der Waals surface area (Å²) in [7, 11) is 0. The van der Waals surface area contributed by atoms with Crippen molar-refractivity contribution in [2.45, 2.75) is 33.1 Å². The molecule has 6 nitrogen and oxygen atoms in total. The van der Waals surface area contributed by atoms with Gasteiger partial charge in [0.05, 0.1) is 6.54 Å². The second-order valence-electron chi connectivity index (χ2n) is 8.66. The Balaban J connectivity index is 1.28. The van der Waals surface area contributed by atoms with Crippen LogP contribution in [0.3, 0.4) is 0 Å². The van der Waals surface area contributed by atoms with Crippen LogP contribution in [0.2, 0.25) is 0 Å². The highest BCUT2D eigenvalue weighted by Crippen LogP contribution is 2.27. The Morgan fingerprint density at radius 3 is 2.48 bits per heavy atom. The maximum atomic E-state index is 13.2. The van der Waals surface area contributed by atoms with Gasteiger partial charge in [-0.05, 0) is 68.5 Å². The van der Waals surface area contributed by atoms with Crippen molar-refractivity contribution >= 4 is 11.7 Å². The number of ketones is 1. The molecule has 3 heterocycles. The molecule has 0 amide bonds. The Bertz CT molecular complexity index is 1100. The molecule has 2 aliphatic rings. The fourth-order valence-electron chi connectivity index (χ4n) is 4.99. The fourth-order valence-corrected chi connectivity index (χ4v) is 4.99. The number of carbonyl (C=O) groups excluding carboxylic acids is 1. The zero-order valence-corrected chi connectivity index (χ0v) is 18.3. The summed E-state index contributed by atoms with van der Waals surface area (Å²) in [6.45, 7) is 7.98. The number of hydrogen-bond acceptors (Lipinski definition) is 5. The van der Waals surface area contributed by atoms with Crippen molar-refractivity contribution in [2.75, 3.05) is 37.6 Å². The van der Waals surface area contributed by atoms with Gasteiger partial charge in [-0.15, -0.1) is 0 Å². The molecule has 160 valence electrons. The highest BCUT2D eigenvalue weighted by atomic mass is 16.1. The first-order valence-corrected chi connectivity index (χ1v) is 11.2. The maximum absolute atomic E-state index is 13.2. The zero-order chi connectivity index (χ0) is 21.4. The number of piperazine rings is 1. The van der Waals surface area contributed by atoms with Crippen molar-refractivity contribution in [3.63, 3.8) is 0 Å². The van der Waals surface area contributed by atoms with Crippen LogP contribution in [0.1, 0.15) is 39.3 Å². The minimum absolute atomic E-state index is 0.199. The Kier molecular flexibility index (Phi) is 5.32. The van der Waals surface area contributed by atoms with Crippen LogP contribution >= 0.6 is 0 Å². The lowest BCUT2D eigenvalue weighted by atomic mass is 10.1. The van der Waals surface area contributed by atoms with Crippen molar-refractivity contribution < 1.29 is 4.79 Å². The molecule has 1 saturated heterocycles. The van der Waals surface area contributed by atoms with Gasteiger partial charge in [0.1, 0.15) is 0 Å². The first-order chi connectivity index (χ1) is 15.1. The molecule has 6 heteroatoms. The van der Waals surface area contributed by atoms with Crippen LogP contribution in [0.15, 0.2) is 42.7 Å². The SMILES string of the molecule is Cc1cc(C(=O)CN2CCN(c3ncccn3)CC2)c(C)n1-c1ccc2c(c1)CCC2. The van der Waals surface area contributed by atoms with E-state index in [1.807, 2.05) is 6.07 Å². The van der Waals surface area contributed by atoms with Crippen molar-refractivity contribution in [1.29, 1.82) is 0 Å². The number of rotatable bonds is 5. The van der Waals surface area contributed by atoms with Gasteiger partial charge < -0.3 is 9.47 Å². The number of carbonyl (C=O) groups is 1. The highest BCUT2D eigenvalue weighted by molar-refractivity contribution is 5.99. The third-order valence-corrected chi connectivity index (χ3v) is 6.65. The second-order valence-corrected chi connectivity index (χ2v) is 8.66. The lowest BCUT2D eigenvalue weighted by Crippen LogP contribution is -2.48. The van der Waals surface area contributed by atoms with E-state index in [4.69, 9.17) is 0 Å². The number of fused-ring (bicyclic) bond motifs is 1. The molecule has 1 aliphatic carbocycles. The summed E-state index contributed by atoms with van der Waals surface area (Å²) < 4.78 is 2.23. The van der Waals surface area contributed by atoms with E-state index < -0.39 is 0 Å². The van der Waals surface area contributed by atoms with E-state index in [-0.39, 0.29) is 5.78 Å². The molecule has 0 spiro atoms. The van der Waals surface area contributed by atoms with Gasteiger partial charge in [-0.3, -0.25) is 9.69 Å². The average Bonchev–Trinajstić information content (AvgIpc) is 3.38. The summed E-state index contributed by atoms with van der Waals surface area (Å²) in [6.07, 6.45) is 7.14. The maximum Gasteiger partial charge on any atom is 0.225 e. The summed E-state index contributed by atoms with van der Waals surface area (Å²) >= 11 is 0. The predicted octanol–water partition coefficient (Wildman–Crippen LogP) is 3.38. The molecule has 1 aromatic carbocycles. The Morgan fingerprint density at radius 2 is 1.71 bits per heavy atom. The molecule has 0 saturated carbocycles. The normalized spacial score (nSPS) is 16.5. The van der Waals surface area contributed by atoms with E-state index >= 15 is 0 Å². The van der Waals surface area contributed by atoms with Crippen LogP contribution in [0.5, 0.6) is 0 Å². The molecule has 0 bridgehead atoms. The first-order valence-electron chi connectivity index (χ1n) is 11.2. The van der Waals surface area contributed by atoms with E-state index in [0.717, 1.165) is 55.5 Å². The number of hydrogen-bond donors (Lipinski definition) is 0. The number of benzene rings is 1. The average molecular weight is 416 g/mol. The second kappa shape index (κ2) is 8.27. The molecule has 5 rings (SSSR count). The third kappa shape index (κ3) is 3.88. The number of nitrogens with zero attached hydrogens (tertiary/aromatic N) is 5. The minimum atomic E-state index is 0.199. The van der Waals surface area contributed by atoms with E-state index in [1.54, 1.807) is 12.4 Å². The first kappa shape index (κ1) is 19.9. The van der Waals surface area contributed by atoms with Crippen LogP contribution in [0.4, 0.5) is 5.95 Å². The summed E-state index contributed by atoms with van der Waals surface area (Å²) in [5.74, 6) is 0.969. The third-order valence-electron chi connectivity index (χ3n) is 6.65. The molecule has 31 heavy (non-hydrogen) atoms. The monoisotopic (exact) mass is 415 g/mol. The van der Waals surface area contributed by atoms with Gasteiger partial charge in [0.15, 0.2) is 5.78 Å². The zero-order valence-electron chi connectivity index (χ0n) is 18.3. The van der Waals surface area contributed by atoms with Gasteiger partial charge in [0.2, 0.25) is 5.95 Å². The van der Waals surface area contributed by atoms with Crippen LogP contribution < -0.4 is 4.90 Å². The predicted molar refractivity (Wildman–Crippen MR) is 122 cm³/mol. The molecule has 0 atom stereocenters. The number of Topliss-reactive ketones (excluding diaryl/α,β-unsaturated/α-hetero) is 1. The molecule has 0 unspecified atom stereocenters. The number of aryl methyl sites for hydroxylation is 3. The lowest BCUT2D eigenvalue weighted by molar-refractivity contribution is 0.0925. The molecule has 1 fully saturated rings. The molecule has 2 aromatic heterocycles. The number of anilines is 1. The van der Waals surface area contributed by atoms with Gasteiger partial charge in [0.25, 0.3) is 0 Å². The van der Waals surface area contributed by atoms with Crippen LogP contribution in [-0.2, 0) is 12.8 Å². The summed E-state index contributed by atoms with van der Waals surface area (Å²) in [5, 5.41) is 0. The minimum Gasteiger partial charge on any atom is -0.338 e. The summed E-state index contributed by atoms with van der Waals surface area (Å²) in [5.41, 5.74) is 7.10. The lowest BCUT2D eigenvalue weighted by Gasteiger charge is -2.34. The highest BCUT2D eigenvalue weighted by Gasteiger charge is 2.23. The van der Waals surface area contributed by atoms with E-state index in [0.29, 0.717) is 6.54 Å². The van der Waals surface area contributed by atoms with Crippen molar-refractivity contribution in [2.24, 2.45) is 0 Å². The van der Waals surface area contributed by atoms with E-state index in [2.05, 4.69) is 62.4 Å². The molecule has 0 radical (unpaired) electrons. The molecular weight excluding hydrogens is 386 g/mol. The smallest absolute Gasteiger partial charge is 0.225 e. The largest absolute Gasteiger partial charge is 0.338 e. The summed E-state index contributed by atoms with van der Waals surface area (Å²) in [4.78, 5) is 26.3. The number of aromatic nitrogens is 3. The Labute approximate surface area is 183 Å².